The second-order valence-corrected chi connectivity index (χ2v) is 9.95. The molecule has 0 atom stereocenters. The van der Waals surface area contributed by atoms with E-state index in [2.05, 4.69) is 10.2 Å². The summed E-state index contributed by atoms with van der Waals surface area (Å²) in [7, 11) is -3.51. The van der Waals surface area contributed by atoms with Crippen molar-refractivity contribution in [3.05, 3.63) is 54.1 Å². The fraction of sp³-hybridized carbons (Fsp3) is 0.435. The maximum absolute atomic E-state index is 12.9. The molecule has 2 aromatic rings. The number of amides is 1. The van der Waals surface area contributed by atoms with E-state index in [1.807, 2.05) is 24.3 Å². The lowest BCUT2D eigenvalue weighted by Gasteiger charge is -2.21. The first-order chi connectivity index (χ1) is 14.6. The average molecular weight is 428 g/mol. The minimum absolute atomic E-state index is 0.236. The zero-order chi connectivity index (χ0) is 21.0. The molecule has 6 nitrogen and oxygen atoms in total. The van der Waals surface area contributed by atoms with Gasteiger partial charge in [-0.2, -0.15) is 4.31 Å². The Labute approximate surface area is 178 Å². The van der Waals surface area contributed by atoms with Gasteiger partial charge in [-0.1, -0.05) is 25.0 Å². The third-order valence-electron chi connectivity index (χ3n) is 5.92. The normalized spacial score (nSPS) is 18.2. The van der Waals surface area contributed by atoms with Gasteiger partial charge in [-0.15, -0.1) is 0 Å². The van der Waals surface area contributed by atoms with Gasteiger partial charge in [0.15, 0.2) is 0 Å². The molecule has 2 fully saturated rings. The molecule has 7 heteroatoms. The Balaban J connectivity index is 1.49. The molecule has 0 radical (unpaired) electrons. The van der Waals surface area contributed by atoms with Crippen molar-refractivity contribution in [2.45, 2.75) is 43.4 Å². The summed E-state index contributed by atoms with van der Waals surface area (Å²) in [6, 6.07) is 14.1. The lowest BCUT2D eigenvalue weighted by atomic mass is 10.2. The fourth-order valence-corrected chi connectivity index (χ4v) is 5.73. The Bertz CT molecular complexity index is 975. The molecule has 0 spiro atoms. The number of anilines is 2. The summed E-state index contributed by atoms with van der Waals surface area (Å²) in [5, 5.41) is 2.99. The van der Waals surface area contributed by atoms with Gasteiger partial charge in [0, 0.05) is 31.7 Å². The molecular weight excluding hydrogens is 398 g/mol. The number of carbonyl (C=O) groups is 1. The van der Waals surface area contributed by atoms with Gasteiger partial charge in [0.05, 0.1) is 16.3 Å². The first-order valence-corrected chi connectivity index (χ1v) is 12.3. The number of hydrogen-bond acceptors (Lipinski definition) is 4. The summed E-state index contributed by atoms with van der Waals surface area (Å²) in [4.78, 5) is 15.3. The number of carbonyl (C=O) groups excluding carboxylic acids is 1. The maximum Gasteiger partial charge on any atom is 0.255 e. The highest BCUT2D eigenvalue weighted by molar-refractivity contribution is 7.89. The number of hydrogen-bond donors (Lipinski definition) is 1. The molecule has 0 aromatic heterocycles. The number of rotatable bonds is 5. The second kappa shape index (κ2) is 9.18. The van der Waals surface area contributed by atoms with Gasteiger partial charge in [-0.25, -0.2) is 8.42 Å². The van der Waals surface area contributed by atoms with Crippen LogP contribution in [-0.2, 0) is 10.0 Å². The standard InChI is InChI=1S/C23H29N3O3S/c27-23(24-21-9-3-4-10-22(21)25-15-7-8-16-25)19-11-13-20(14-12-19)30(28,29)26-17-5-1-2-6-18-26/h3-4,9-14H,1-2,5-8,15-18H2,(H,24,27). The van der Waals surface area contributed by atoms with Crippen molar-refractivity contribution in [3.63, 3.8) is 0 Å². The Morgan fingerprint density at radius 2 is 1.37 bits per heavy atom. The van der Waals surface area contributed by atoms with Crippen molar-refractivity contribution in [1.82, 2.24) is 4.31 Å². The quantitative estimate of drug-likeness (QED) is 0.780. The van der Waals surface area contributed by atoms with E-state index in [1.165, 1.54) is 0 Å². The molecule has 4 rings (SSSR count). The zero-order valence-corrected chi connectivity index (χ0v) is 18.0. The topological polar surface area (TPSA) is 69.7 Å². The summed E-state index contributed by atoms with van der Waals surface area (Å²) in [6.45, 7) is 3.13. The van der Waals surface area contributed by atoms with Crippen molar-refractivity contribution in [3.8, 4) is 0 Å². The van der Waals surface area contributed by atoms with Crippen LogP contribution >= 0.6 is 0 Å². The molecule has 30 heavy (non-hydrogen) atoms. The number of para-hydroxylation sites is 2. The molecule has 1 amide bonds. The van der Waals surface area contributed by atoms with Crippen LogP contribution in [0, 0.1) is 0 Å². The molecule has 2 aliphatic rings. The summed E-state index contributed by atoms with van der Waals surface area (Å²) in [5.74, 6) is -0.236. The van der Waals surface area contributed by atoms with Crippen molar-refractivity contribution < 1.29 is 13.2 Å². The van der Waals surface area contributed by atoms with Crippen molar-refractivity contribution in [1.29, 1.82) is 0 Å². The van der Waals surface area contributed by atoms with Crippen LogP contribution in [-0.4, -0.2) is 44.8 Å². The summed E-state index contributed by atoms with van der Waals surface area (Å²) in [6.07, 6.45) is 6.27. The Kier molecular flexibility index (Phi) is 6.39. The molecular formula is C23H29N3O3S. The predicted molar refractivity (Wildman–Crippen MR) is 120 cm³/mol. The van der Waals surface area contributed by atoms with Gasteiger partial charge >= 0.3 is 0 Å². The molecule has 2 aromatic carbocycles. The van der Waals surface area contributed by atoms with E-state index in [4.69, 9.17) is 0 Å². The number of sulfonamides is 1. The van der Waals surface area contributed by atoms with E-state index < -0.39 is 10.0 Å². The third kappa shape index (κ3) is 4.52. The van der Waals surface area contributed by atoms with Crippen LogP contribution in [0.1, 0.15) is 48.9 Å². The monoisotopic (exact) mass is 427 g/mol. The molecule has 1 N–H and O–H groups in total. The van der Waals surface area contributed by atoms with Crippen LogP contribution in [0.5, 0.6) is 0 Å². The first-order valence-electron chi connectivity index (χ1n) is 10.8. The molecule has 160 valence electrons. The zero-order valence-electron chi connectivity index (χ0n) is 17.2. The number of benzene rings is 2. The summed E-state index contributed by atoms with van der Waals surface area (Å²) >= 11 is 0. The van der Waals surface area contributed by atoms with Crippen LogP contribution in [0.25, 0.3) is 0 Å². The maximum atomic E-state index is 12.9. The molecule has 0 unspecified atom stereocenters. The number of nitrogens with one attached hydrogen (secondary N) is 1. The lowest BCUT2D eigenvalue weighted by molar-refractivity contribution is 0.102. The van der Waals surface area contributed by atoms with Crippen LogP contribution in [0.3, 0.4) is 0 Å². The largest absolute Gasteiger partial charge is 0.370 e. The van der Waals surface area contributed by atoms with Gasteiger partial charge in [-0.05, 0) is 62.1 Å². The minimum atomic E-state index is -3.51. The second-order valence-electron chi connectivity index (χ2n) is 8.01. The van der Waals surface area contributed by atoms with Crippen LogP contribution in [0.2, 0.25) is 0 Å². The van der Waals surface area contributed by atoms with Crippen molar-refractivity contribution in [2.24, 2.45) is 0 Å². The van der Waals surface area contributed by atoms with Crippen LogP contribution < -0.4 is 10.2 Å². The van der Waals surface area contributed by atoms with E-state index in [9.17, 15) is 13.2 Å². The minimum Gasteiger partial charge on any atom is -0.370 e. The van der Waals surface area contributed by atoms with Gasteiger partial charge in [0.1, 0.15) is 0 Å². The van der Waals surface area contributed by atoms with E-state index in [0.29, 0.717) is 18.7 Å². The van der Waals surface area contributed by atoms with Crippen LogP contribution in [0.15, 0.2) is 53.4 Å². The molecule has 2 saturated heterocycles. The Hall–Kier alpha value is -2.38. The van der Waals surface area contributed by atoms with Gasteiger partial charge in [0.2, 0.25) is 10.0 Å². The van der Waals surface area contributed by atoms with Gasteiger partial charge < -0.3 is 10.2 Å². The van der Waals surface area contributed by atoms with E-state index in [0.717, 1.165) is 63.0 Å². The average Bonchev–Trinajstić information content (AvgIpc) is 3.15. The molecule has 0 aliphatic carbocycles. The van der Waals surface area contributed by atoms with Crippen molar-refractivity contribution in [2.75, 3.05) is 36.4 Å². The Morgan fingerprint density at radius 1 is 0.767 bits per heavy atom. The predicted octanol–water partition coefficient (Wildman–Crippen LogP) is 4.10. The summed E-state index contributed by atoms with van der Waals surface area (Å²) in [5.41, 5.74) is 2.26. The highest BCUT2D eigenvalue weighted by atomic mass is 32.2. The smallest absolute Gasteiger partial charge is 0.255 e. The van der Waals surface area contributed by atoms with Crippen molar-refractivity contribution >= 4 is 27.3 Å². The highest BCUT2D eigenvalue weighted by Gasteiger charge is 2.25. The molecule has 0 bridgehead atoms. The molecule has 2 aliphatic heterocycles. The molecule has 2 heterocycles. The highest BCUT2D eigenvalue weighted by Crippen LogP contribution is 2.29. The van der Waals surface area contributed by atoms with Crippen LogP contribution in [0.4, 0.5) is 11.4 Å². The summed E-state index contributed by atoms with van der Waals surface area (Å²) < 4.78 is 27.4. The molecule has 0 saturated carbocycles. The van der Waals surface area contributed by atoms with E-state index in [-0.39, 0.29) is 10.8 Å². The first kappa shape index (κ1) is 20.9. The van der Waals surface area contributed by atoms with E-state index in [1.54, 1.807) is 28.6 Å². The van der Waals surface area contributed by atoms with Gasteiger partial charge in [-0.3, -0.25) is 4.79 Å². The Morgan fingerprint density at radius 3 is 2.03 bits per heavy atom. The number of nitrogens with zero attached hydrogens (tertiary/aromatic N) is 2. The SMILES string of the molecule is O=C(Nc1ccccc1N1CCCC1)c1ccc(S(=O)(=O)N2CCCCCC2)cc1. The fourth-order valence-electron chi connectivity index (χ4n) is 4.22. The third-order valence-corrected chi connectivity index (χ3v) is 7.83. The lowest BCUT2D eigenvalue weighted by Crippen LogP contribution is -2.31. The van der Waals surface area contributed by atoms with Gasteiger partial charge in [0.25, 0.3) is 5.91 Å². The van der Waals surface area contributed by atoms with E-state index >= 15 is 0 Å².